The molecule has 0 saturated heterocycles. The van der Waals surface area contributed by atoms with Crippen LogP contribution in [0.3, 0.4) is 0 Å². The molecule has 7 heteroatoms. The Morgan fingerprint density at radius 3 is 2.18 bits per heavy atom. The van der Waals surface area contributed by atoms with E-state index in [-0.39, 0.29) is 17.1 Å². The zero-order chi connectivity index (χ0) is 23.5. The van der Waals surface area contributed by atoms with Crippen LogP contribution in [-0.4, -0.2) is 30.3 Å². The second-order valence-electron chi connectivity index (χ2n) is 7.31. The highest BCUT2D eigenvalue weighted by Crippen LogP contribution is 2.17. The number of amides is 1. The lowest BCUT2D eigenvalue weighted by atomic mass is 10.2. The molecule has 0 fully saturated rings. The van der Waals surface area contributed by atoms with Crippen LogP contribution in [0.4, 0.5) is 5.69 Å². The van der Waals surface area contributed by atoms with Gasteiger partial charge in [0.05, 0.1) is 6.10 Å². The first-order chi connectivity index (χ1) is 16.0. The number of anilines is 1. The van der Waals surface area contributed by atoms with E-state index in [9.17, 15) is 4.79 Å². The molecule has 0 bridgehead atoms. The molecule has 1 atom stereocenters. The summed E-state index contributed by atoms with van der Waals surface area (Å²) in [4.78, 5) is 12.5. The number of para-hydroxylation sites is 1. The first-order valence-electron chi connectivity index (χ1n) is 10.8. The zero-order valence-electron chi connectivity index (χ0n) is 18.7. The fourth-order valence-electron chi connectivity index (χ4n) is 2.83. The molecule has 0 aromatic heterocycles. The van der Waals surface area contributed by atoms with Crippen molar-refractivity contribution in [2.75, 3.05) is 18.5 Å². The molecule has 0 heterocycles. The minimum atomic E-state index is -0.305. The van der Waals surface area contributed by atoms with Crippen LogP contribution in [-0.2, 0) is 0 Å². The third-order valence-electron chi connectivity index (χ3n) is 4.71. The Hall–Kier alpha value is -3.58. The van der Waals surface area contributed by atoms with E-state index >= 15 is 0 Å². The quantitative estimate of drug-likeness (QED) is 0.307. The average Bonchev–Trinajstić information content (AvgIpc) is 2.83. The molecule has 0 aliphatic rings. The van der Waals surface area contributed by atoms with Crippen molar-refractivity contribution in [3.8, 4) is 17.2 Å². The zero-order valence-corrected chi connectivity index (χ0v) is 19.6. The monoisotopic (exact) mass is 464 g/mol. The van der Waals surface area contributed by atoms with E-state index < -0.39 is 0 Å². The van der Waals surface area contributed by atoms with E-state index in [2.05, 4.69) is 10.6 Å². The van der Waals surface area contributed by atoms with E-state index in [0.29, 0.717) is 30.3 Å². The van der Waals surface area contributed by atoms with Crippen LogP contribution >= 0.6 is 12.2 Å². The van der Waals surface area contributed by atoms with E-state index in [1.807, 2.05) is 74.5 Å². The second kappa shape index (κ2) is 12.5. The molecular formula is C26H28N2O4S. The Morgan fingerprint density at radius 2 is 1.52 bits per heavy atom. The molecule has 33 heavy (non-hydrogen) atoms. The number of carbonyl (C=O) groups is 1. The molecular weight excluding hydrogens is 436 g/mol. The maximum Gasteiger partial charge on any atom is 0.257 e. The van der Waals surface area contributed by atoms with E-state index in [0.717, 1.165) is 17.9 Å². The highest BCUT2D eigenvalue weighted by Gasteiger charge is 2.10. The number of benzene rings is 3. The van der Waals surface area contributed by atoms with Gasteiger partial charge in [-0.05, 0) is 80.2 Å². The summed E-state index contributed by atoms with van der Waals surface area (Å²) < 4.78 is 17.1. The molecule has 0 spiro atoms. The first kappa shape index (κ1) is 24.1. The average molecular weight is 465 g/mol. The number of carbonyl (C=O) groups excluding carboxylic acids is 1. The smallest absolute Gasteiger partial charge is 0.257 e. The van der Waals surface area contributed by atoms with Gasteiger partial charge in [0.2, 0.25) is 0 Å². The topological polar surface area (TPSA) is 68.8 Å². The van der Waals surface area contributed by atoms with Gasteiger partial charge in [0.1, 0.15) is 30.5 Å². The number of hydrogen-bond donors (Lipinski definition) is 2. The van der Waals surface area contributed by atoms with Gasteiger partial charge in [-0.25, -0.2) is 0 Å². The normalized spacial score (nSPS) is 11.2. The molecule has 0 aliphatic heterocycles. The van der Waals surface area contributed by atoms with Crippen molar-refractivity contribution < 1.29 is 19.0 Å². The lowest BCUT2D eigenvalue weighted by Gasteiger charge is -2.14. The van der Waals surface area contributed by atoms with Gasteiger partial charge in [0.15, 0.2) is 5.11 Å². The molecule has 3 rings (SSSR count). The fraction of sp³-hybridized carbons (Fsp3) is 0.231. The molecule has 0 saturated carbocycles. The highest BCUT2D eigenvalue weighted by atomic mass is 32.1. The molecule has 3 aromatic carbocycles. The number of ether oxygens (including phenoxy) is 3. The summed E-state index contributed by atoms with van der Waals surface area (Å²) in [6.45, 7) is 4.91. The lowest BCUT2D eigenvalue weighted by molar-refractivity contribution is 0.0977. The molecule has 172 valence electrons. The van der Waals surface area contributed by atoms with Crippen molar-refractivity contribution in [1.29, 1.82) is 0 Å². The van der Waals surface area contributed by atoms with Crippen LogP contribution in [0.15, 0.2) is 78.9 Å². The Bertz CT molecular complexity index is 1040. The van der Waals surface area contributed by atoms with Crippen molar-refractivity contribution in [1.82, 2.24) is 5.32 Å². The largest absolute Gasteiger partial charge is 0.491 e. The second-order valence-corrected chi connectivity index (χ2v) is 7.72. The Balaban J connectivity index is 1.43. The van der Waals surface area contributed by atoms with Gasteiger partial charge in [-0.1, -0.05) is 31.2 Å². The van der Waals surface area contributed by atoms with Crippen LogP contribution in [0.1, 0.15) is 30.6 Å². The maximum atomic E-state index is 12.5. The molecule has 1 unspecified atom stereocenters. The van der Waals surface area contributed by atoms with Crippen LogP contribution in [0.2, 0.25) is 0 Å². The molecule has 3 aromatic rings. The SMILES string of the molecule is CCC(C)Oc1cccc(C(=O)NC(=S)Nc2ccc(OCCOc3ccccc3)cc2)c1. The standard InChI is InChI=1S/C26H28N2O4S/c1-3-19(2)32-24-11-7-8-20(18-24)25(29)28-26(33)27-21-12-14-23(15-13-21)31-17-16-30-22-9-5-4-6-10-22/h4-15,18-19H,3,16-17H2,1-2H3,(H2,27,28,29,33). The minimum Gasteiger partial charge on any atom is -0.491 e. The predicted octanol–water partition coefficient (Wildman–Crippen LogP) is 5.45. The van der Waals surface area contributed by atoms with Crippen molar-refractivity contribution in [2.24, 2.45) is 0 Å². The van der Waals surface area contributed by atoms with Crippen molar-refractivity contribution in [3.05, 3.63) is 84.4 Å². The number of hydrogen-bond acceptors (Lipinski definition) is 5. The van der Waals surface area contributed by atoms with Gasteiger partial charge in [0, 0.05) is 11.3 Å². The van der Waals surface area contributed by atoms with Gasteiger partial charge in [-0.15, -0.1) is 0 Å². The Labute approximate surface area is 199 Å². The number of rotatable bonds is 10. The summed E-state index contributed by atoms with van der Waals surface area (Å²) in [5.74, 6) is 1.87. The highest BCUT2D eigenvalue weighted by molar-refractivity contribution is 7.80. The Morgan fingerprint density at radius 1 is 0.879 bits per heavy atom. The molecule has 2 N–H and O–H groups in total. The van der Waals surface area contributed by atoms with Crippen molar-refractivity contribution >= 4 is 28.9 Å². The van der Waals surface area contributed by atoms with Gasteiger partial charge in [0.25, 0.3) is 5.91 Å². The van der Waals surface area contributed by atoms with E-state index in [4.69, 9.17) is 26.4 Å². The third-order valence-corrected chi connectivity index (χ3v) is 4.92. The molecule has 0 aliphatic carbocycles. The summed E-state index contributed by atoms with van der Waals surface area (Å²) in [7, 11) is 0. The van der Waals surface area contributed by atoms with Gasteiger partial charge < -0.3 is 19.5 Å². The molecule has 6 nitrogen and oxygen atoms in total. The molecule has 0 radical (unpaired) electrons. The third kappa shape index (κ3) is 8.12. The van der Waals surface area contributed by atoms with Gasteiger partial charge >= 0.3 is 0 Å². The fourth-order valence-corrected chi connectivity index (χ4v) is 3.04. The van der Waals surface area contributed by atoms with Gasteiger partial charge in [-0.2, -0.15) is 0 Å². The summed E-state index contributed by atoms with van der Waals surface area (Å²) in [6, 6.07) is 23.9. The Kier molecular flexibility index (Phi) is 9.08. The van der Waals surface area contributed by atoms with Crippen LogP contribution < -0.4 is 24.8 Å². The summed E-state index contributed by atoms with van der Waals surface area (Å²) in [6.07, 6.45) is 0.963. The molecule has 1 amide bonds. The van der Waals surface area contributed by atoms with Crippen LogP contribution in [0.25, 0.3) is 0 Å². The summed E-state index contributed by atoms with van der Waals surface area (Å²) in [5.41, 5.74) is 1.21. The van der Waals surface area contributed by atoms with Gasteiger partial charge in [-0.3, -0.25) is 10.1 Å². The maximum absolute atomic E-state index is 12.5. The number of thiocarbonyl (C=S) groups is 1. The summed E-state index contributed by atoms with van der Waals surface area (Å²) in [5, 5.41) is 5.90. The van der Waals surface area contributed by atoms with Crippen molar-refractivity contribution in [3.63, 3.8) is 0 Å². The predicted molar refractivity (Wildman–Crippen MR) is 134 cm³/mol. The van der Waals surface area contributed by atoms with E-state index in [1.54, 1.807) is 18.2 Å². The van der Waals surface area contributed by atoms with E-state index in [1.165, 1.54) is 0 Å². The van der Waals surface area contributed by atoms with Crippen LogP contribution in [0, 0.1) is 0 Å². The summed E-state index contributed by atoms with van der Waals surface area (Å²) >= 11 is 5.28. The van der Waals surface area contributed by atoms with Crippen LogP contribution in [0.5, 0.6) is 17.2 Å². The lowest BCUT2D eigenvalue weighted by Crippen LogP contribution is -2.34. The number of nitrogens with one attached hydrogen (secondary N) is 2. The van der Waals surface area contributed by atoms with Crippen molar-refractivity contribution in [2.45, 2.75) is 26.4 Å². The minimum absolute atomic E-state index is 0.0781. The first-order valence-corrected chi connectivity index (χ1v) is 11.2.